The Bertz CT molecular complexity index is 556. The molecular formula is C19H31BNO4. The molecule has 0 heterocycles. The summed E-state index contributed by atoms with van der Waals surface area (Å²) in [5, 5.41) is 12.5. The Morgan fingerprint density at radius 3 is 2.12 bits per heavy atom. The third-order valence-corrected chi connectivity index (χ3v) is 4.02. The zero-order chi connectivity index (χ0) is 19.3. The Morgan fingerprint density at radius 2 is 1.64 bits per heavy atom. The molecule has 1 radical (unpaired) electrons. The van der Waals surface area contributed by atoms with Gasteiger partial charge in [-0.1, -0.05) is 31.4 Å². The van der Waals surface area contributed by atoms with Crippen molar-refractivity contribution in [3.05, 3.63) is 24.3 Å². The third-order valence-electron chi connectivity index (χ3n) is 4.02. The highest BCUT2D eigenvalue weighted by atomic mass is 16.6. The number of hydrogen-bond donors (Lipinski definition) is 2. The van der Waals surface area contributed by atoms with E-state index >= 15 is 0 Å². The molecule has 1 aromatic carbocycles. The quantitative estimate of drug-likeness (QED) is 0.587. The van der Waals surface area contributed by atoms with Crippen molar-refractivity contribution in [2.24, 2.45) is 0 Å². The maximum atomic E-state index is 11.5. The van der Waals surface area contributed by atoms with E-state index < -0.39 is 17.3 Å². The largest absolute Gasteiger partial charge is 0.492 e. The number of carbonyl (C=O) groups is 1. The summed E-state index contributed by atoms with van der Waals surface area (Å²) in [5.41, 5.74) is -0.296. The topological polar surface area (TPSA) is 67.8 Å². The Balaban J connectivity index is 2.42. The average Bonchev–Trinajstić information content (AvgIpc) is 2.42. The van der Waals surface area contributed by atoms with Crippen LogP contribution in [-0.2, 0) is 4.74 Å². The number of carbonyl (C=O) groups excluding carboxylic acids is 1. The molecule has 0 spiro atoms. The zero-order valence-electron chi connectivity index (χ0n) is 16.5. The predicted octanol–water partition coefficient (Wildman–Crippen LogP) is 2.89. The normalized spacial score (nSPS) is 12.5. The maximum absolute atomic E-state index is 11.5. The van der Waals surface area contributed by atoms with Gasteiger partial charge < -0.3 is 19.9 Å². The fourth-order valence-electron chi connectivity index (χ4n) is 1.89. The van der Waals surface area contributed by atoms with E-state index in [0.29, 0.717) is 13.2 Å². The van der Waals surface area contributed by atoms with Crippen LogP contribution in [0.5, 0.6) is 5.75 Å². The van der Waals surface area contributed by atoms with Crippen LogP contribution >= 0.6 is 0 Å². The van der Waals surface area contributed by atoms with E-state index in [9.17, 15) is 9.90 Å². The van der Waals surface area contributed by atoms with Gasteiger partial charge in [0.1, 0.15) is 18.0 Å². The fraction of sp³-hybridized carbons (Fsp3) is 0.632. The molecular weight excluding hydrogens is 317 g/mol. The number of benzene rings is 1. The van der Waals surface area contributed by atoms with Gasteiger partial charge in [0.05, 0.1) is 12.1 Å². The van der Waals surface area contributed by atoms with Crippen LogP contribution in [0.2, 0.25) is 5.31 Å². The van der Waals surface area contributed by atoms with Gasteiger partial charge in [0.15, 0.2) is 7.28 Å². The lowest BCUT2D eigenvalue weighted by Crippen LogP contribution is -2.41. The van der Waals surface area contributed by atoms with Crippen molar-refractivity contribution < 1.29 is 19.4 Å². The van der Waals surface area contributed by atoms with Crippen LogP contribution in [0, 0.1) is 0 Å². The monoisotopic (exact) mass is 348 g/mol. The second-order valence-electron chi connectivity index (χ2n) is 8.27. The second-order valence-corrected chi connectivity index (χ2v) is 8.27. The molecule has 1 aromatic rings. The highest BCUT2D eigenvalue weighted by Crippen LogP contribution is 2.36. The number of amides is 1. The molecule has 0 unspecified atom stereocenters. The summed E-state index contributed by atoms with van der Waals surface area (Å²) in [6, 6.07) is 7.65. The molecule has 6 heteroatoms. The molecule has 0 aromatic heterocycles. The van der Waals surface area contributed by atoms with E-state index in [1.807, 2.05) is 66.2 Å². The van der Waals surface area contributed by atoms with E-state index in [2.05, 4.69) is 5.32 Å². The minimum atomic E-state index is -0.810. The van der Waals surface area contributed by atoms with Crippen LogP contribution in [0.25, 0.3) is 0 Å². The van der Waals surface area contributed by atoms with Crippen molar-refractivity contribution in [2.75, 3.05) is 13.2 Å². The van der Waals surface area contributed by atoms with Gasteiger partial charge in [0, 0.05) is 0 Å². The van der Waals surface area contributed by atoms with Gasteiger partial charge in [-0.3, -0.25) is 0 Å². The SMILES string of the molecule is CC(C)(C)OC(=O)NCCOc1ccc([B]C(C)(C)C(C)(C)O)cc1. The number of alkyl carbamates (subject to hydrolysis) is 1. The molecule has 0 aliphatic carbocycles. The summed E-state index contributed by atoms with van der Waals surface area (Å²) >= 11 is 0. The Kier molecular flexibility index (Phi) is 6.94. The smallest absolute Gasteiger partial charge is 0.407 e. The molecule has 0 saturated carbocycles. The first kappa shape index (κ1) is 21.4. The van der Waals surface area contributed by atoms with Crippen molar-refractivity contribution in [3.8, 4) is 5.75 Å². The molecule has 1 rings (SSSR count). The summed E-state index contributed by atoms with van der Waals surface area (Å²) in [4.78, 5) is 11.5. The number of aliphatic hydroxyl groups is 1. The summed E-state index contributed by atoms with van der Waals surface area (Å²) in [5.74, 6) is 0.726. The van der Waals surface area contributed by atoms with E-state index in [4.69, 9.17) is 9.47 Å². The molecule has 0 atom stereocenters. The Hall–Kier alpha value is -1.69. The van der Waals surface area contributed by atoms with Crippen molar-refractivity contribution in [2.45, 2.75) is 65.0 Å². The van der Waals surface area contributed by atoms with Gasteiger partial charge in [-0.2, -0.15) is 0 Å². The van der Waals surface area contributed by atoms with Crippen LogP contribution in [0.4, 0.5) is 4.79 Å². The third kappa shape index (κ3) is 7.82. The molecule has 139 valence electrons. The lowest BCUT2D eigenvalue weighted by molar-refractivity contribution is 0.0410. The van der Waals surface area contributed by atoms with E-state index in [0.717, 1.165) is 11.2 Å². The van der Waals surface area contributed by atoms with Crippen LogP contribution in [0.15, 0.2) is 24.3 Å². The first-order valence-electron chi connectivity index (χ1n) is 8.58. The molecule has 1 amide bonds. The van der Waals surface area contributed by atoms with Crippen molar-refractivity contribution in [1.82, 2.24) is 5.32 Å². The average molecular weight is 348 g/mol. The van der Waals surface area contributed by atoms with Gasteiger partial charge in [-0.05, 0) is 52.1 Å². The van der Waals surface area contributed by atoms with Gasteiger partial charge in [0.2, 0.25) is 0 Å². The minimum absolute atomic E-state index is 0.354. The number of nitrogens with one attached hydrogen (secondary N) is 1. The standard InChI is InChI=1S/C19H31BNO4/c1-17(2,3)25-16(22)21-12-13-24-15-10-8-14(9-11-15)20-18(4,5)19(6,7)23/h8-11,23H,12-13H2,1-7H3,(H,21,22). The lowest BCUT2D eigenvalue weighted by atomic mass is 9.45. The summed E-state index contributed by atoms with van der Waals surface area (Å²) in [6.07, 6.45) is -0.449. The Labute approximate surface area is 152 Å². The van der Waals surface area contributed by atoms with Crippen molar-refractivity contribution in [1.29, 1.82) is 0 Å². The number of ether oxygens (including phenoxy) is 2. The van der Waals surface area contributed by atoms with Gasteiger partial charge in [-0.15, -0.1) is 0 Å². The summed E-state index contributed by atoms with van der Waals surface area (Å²) in [6.45, 7) is 13.8. The lowest BCUT2D eigenvalue weighted by Gasteiger charge is -2.37. The summed E-state index contributed by atoms with van der Waals surface area (Å²) < 4.78 is 10.8. The summed E-state index contributed by atoms with van der Waals surface area (Å²) in [7, 11) is 2.04. The molecule has 5 nitrogen and oxygen atoms in total. The van der Waals surface area contributed by atoms with Crippen LogP contribution in [0.3, 0.4) is 0 Å². The van der Waals surface area contributed by atoms with Crippen LogP contribution in [0.1, 0.15) is 48.5 Å². The van der Waals surface area contributed by atoms with Gasteiger partial charge in [-0.25, -0.2) is 4.79 Å². The highest BCUT2D eigenvalue weighted by Gasteiger charge is 2.35. The molecule has 0 bridgehead atoms. The van der Waals surface area contributed by atoms with E-state index in [-0.39, 0.29) is 5.31 Å². The Morgan fingerprint density at radius 1 is 1.08 bits per heavy atom. The van der Waals surface area contributed by atoms with Gasteiger partial charge in [0.25, 0.3) is 0 Å². The van der Waals surface area contributed by atoms with Crippen molar-refractivity contribution in [3.63, 3.8) is 0 Å². The maximum Gasteiger partial charge on any atom is 0.407 e. The molecule has 0 aliphatic rings. The van der Waals surface area contributed by atoms with E-state index in [1.54, 1.807) is 13.8 Å². The molecule has 2 N–H and O–H groups in total. The van der Waals surface area contributed by atoms with Crippen molar-refractivity contribution >= 4 is 18.8 Å². The fourth-order valence-corrected chi connectivity index (χ4v) is 1.89. The zero-order valence-corrected chi connectivity index (χ0v) is 16.5. The highest BCUT2D eigenvalue weighted by molar-refractivity contribution is 6.57. The van der Waals surface area contributed by atoms with Crippen LogP contribution < -0.4 is 15.5 Å². The molecule has 0 fully saturated rings. The molecule has 0 saturated heterocycles. The van der Waals surface area contributed by atoms with Crippen LogP contribution in [-0.4, -0.2) is 42.8 Å². The van der Waals surface area contributed by atoms with Gasteiger partial charge >= 0.3 is 6.09 Å². The predicted molar refractivity (Wildman–Crippen MR) is 102 cm³/mol. The van der Waals surface area contributed by atoms with E-state index in [1.165, 1.54) is 0 Å². The number of hydrogen-bond acceptors (Lipinski definition) is 4. The number of rotatable bonds is 7. The first-order valence-corrected chi connectivity index (χ1v) is 8.58. The minimum Gasteiger partial charge on any atom is -0.492 e. The second kappa shape index (κ2) is 8.13. The first-order chi connectivity index (χ1) is 11.3. The molecule has 25 heavy (non-hydrogen) atoms. The molecule has 0 aliphatic heterocycles.